The molecule has 0 fully saturated rings. The molecule has 25 heavy (non-hydrogen) atoms. The van der Waals surface area contributed by atoms with Gasteiger partial charge >= 0.3 is 5.97 Å². The molecule has 0 unspecified atom stereocenters. The van der Waals surface area contributed by atoms with Crippen molar-refractivity contribution in [2.75, 3.05) is 5.32 Å². The number of hydrogen-bond acceptors (Lipinski definition) is 4. The minimum Gasteiger partial charge on any atom is -0.449 e. The van der Waals surface area contributed by atoms with Crippen LogP contribution in [0.3, 0.4) is 0 Å². The van der Waals surface area contributed by atoms with E-state index < -0.39 is 12.1 Å². The zero-order chi connectivity index (χ0) is 18.6. The molecule has 0 aliphatic rings. The molecule has 1 heterocycles. The van der Waals surface area contributed by atoms with Crippen LogP contribution in [0, 0.1) is 13.8 Å². The topological polar surface area (TPSA) is 55.4 Å². The first-order valence-electron chi connectivity index (χ1n) is 8.51. The lowest BCUT2D eigenvalue weighted by atomic mass is 9.97. The van der Waals surface area contributed by atoms with Crippen LogP contribution in [0.1, 0.15) is 58.8 Å². The third-order valence-corrected chi connectivity index (χ3v) is 5.24. The Balaban J connectivity index is 2.06. The first-order valence-corrected chi connectivity index (χ1v) is 9.32. The Morgan fingerprint density at radius 2 is 1.88 bits per heavy atom. The average Bonchev–Trinajstić information content (AvgIpc) is 2.93. The van der Waals surface area contributed by atoms with Crippen LogP contribution < -0.4 is 5.32 Å². The lowest BCUT2D eigenvalue weighted by molar-refractivity contribution is -0.123. The Hall–Kier alpha value is -2.14. The van der Waals surface area contributed by atoms with Crippen LogP contribution in [0.25, 0.3) is 0 Å². The number of anilines is 1. The molecule has 1 aromatic heterocycles. The molecule has 1 N–H and O–H groups in total. The van der Waals surface area contributed by atoms with Crippen LogP contribution >= 0.6 is 11.3 Å². The number of esters is 1. The van der Waals surface area contributed by atoms with E-state index in [1.165, 1.54) is 0 Å². The second-order valence-corrected chi connectivity index (χ2v) is 7.72. The van der Waals surface area contributed by atoms with E-state index in [4.69, 9.17) is 4.74 Å². The van der Waals surface area contributed by atoms with Crippen molar-refractivity contribution in [3.63, 3.8) is 0 Å². The largest absolute Gasteiger partial charge is 0.449 e. The molecule has 0 saturated heterocycles. The normalized spacial score (nSPS) is 13.2. The Labute approximate surface area is 153 Å². The van der Waals surface area contributed by atoms with Crippen molar-refractivity contribution in [3.8, 4) is 0 Å². The van der Waals surface area contributed by atoms with E-state index in [0.717, 1.165) is 27.4 Å². The molecule has 0 radical (unpaired) electrons. The maximum atomic E-state index is 12.4. The van der Waals surface area contributed by atoms with E-state index in [1.807, 2.05) is 38.1 Å². The number of amides is 1. The third kappa shape index (κ3) is 4.69. The molecule has 0 aliphatic carbocycles. The van der Waals surface area contributed by atoms with Gasteiger partial charge in [-0.3, -0.25) is 4.79 Å². The van der Waals surface area contributed by atoms with E-state index in [9.17, 15) is 9.59 Å². The van der Waals surface area contributed by atoms with Crippen molar-refractivity contribution < 1.29 is 14.3 Å². The standard InChI is InChI=1S/C20H25NO3S/c1-6-12(2)16-9-7-8-10-18(16)21-19(22)14(4)24-20(23)17-11-13(3)25-15(17)5/h7-12,14H,6H2,1-5H3,(H,21,22)/t12-,14+/m0/s1. The summed E-state index contributed by atoms with van der Waals surface area (Å²) in [5.74, 6) is -0.445. The molecular formula is C20H25NO3S. The van der Waals surface area contributed by atoms with Crippen LogP contribution in [0.15, 0.2) is 30.3 Å². The van der Waals surface area contributed by atoms with Gasteiger partial charge in [0.05, 0.1) is 5.56 Å². The van der Waals surface area contributed by atoms with E-state index in [2.05, 4.69) is 19.2 Å². The van der Waals surface area contributed by atoms with Gasteiger partial charge in [-0.05, 0) is 50.8 Å². The molecule has 5 heteroatoms. The SMILES string of the molecule is CC[C@H](C)c1ccccc1NC(=O)[C@@H](C)OC(=O)c1cc(C)sc1C. The summed E-state index contributed by atoms with van der Waals surface area (Å²) >= 11 is 1.54. The van der Waals surface area contributed by atoms with E-state index in [-0.39, 0.29) is 5.91 Å². The molecule has 1 amide bonds. The highest BCUT2D eigenvalue weighted by Crippen LogP contribution is 2.27. The Bertz CT molecular complexity index is 766. The molecule has 0 aliphatic heterocycles. The minimum absolute atomic E-state index is 0.325. The molecule has 2 rings (SSSR count). The van der Waals surface area contributed by atoms with Crippen molar-refractivity contribution in [2.24, 2.45) is 0 Å². The fourth-order valence-electron chi connectivity index (χ4n) is 2.61. The minimum atomic E-state index is -0.864. The highest BCUT2D eigenvalue weighted by Gasteiger charge is 2.22. The maximum Gasteiger partial charge on any atom is 0.340 e. The van der Waals surface area contributed by atoms with Crippen LogP contribution in [-0.2, 0) is 9.53 Å². The molecule has 4 nitrogen and oxygen atoms in total. The van der Waals surface area contributed by atoms with Gasteiger partial charge in [0.15, 0.2) is 6.10 Å². The molecule has 2 aromatic rings. The van der Waals surface area contributed by atoms with Gasteiger partial charge in [-0.2, -0.15) is 0 Å². The number of thiophene rings is 1. The first-order chi connectivity index (χ1) is 11.8. The number of aryl methyl sites for hydroxylation is 2. The van der Waals surface area contributed by atoms with Crippen LogP contribution in [0.5, 0.6) is 0 Å². The smallest absolute Gasteiger partial charge is 0.340 e. The van der Waals surface area contributed by atoms with E-state index in [1.54, 1.807) is 24.3 Å². The summed E-state index contributed by atoms with van der Waals surface area (Å²) in [6.07, 6.45) is 0.117. The predicted octanol–water partition coefficient (Wildman–Crippen LogP) is 5.06. The molecule has 134 valence electrons. The van der Waals surface area contributed by atoms with Gasteiger partial charge in [0, 0.05) is 15.4 Å². The zero-order valence-corrected chi connectivity index (χ0v) is 16.2. The second-order valence-electron chi connectivity index (χ2n) is 6.26. The number of carbonyl (C=O) groups is 2. The average molecular weight is 359 g/mol. The van der Waals surface area contributed by atoms with Gasteiger partial charge in [-0.1, -0.05) is 32.0 Å². The van der Waals surface area contributed by atoms with Crippen LogP contribution in [0.2, 0.25) is 0 Å². The highest BCUT2D eigenvalue weighted by molar-refractivity contribution is 7.12. The Kier molecular flexibility index (Phi) is 6.37. The Morgan fingerprint density at radius 1 is 1.20 bits per heavy atom. The molecule has 0 saturated carbocycles. The zero-order valence-electron chi connectivity index (χ0n) is 15.4. The number of para-hydroxylation sites is 1. The quantitative estimate of drug-likeness (QED) is 0.733. The fourth-order valence-corrected chi connectivity index (χ4v) is 3.52. The van der Waals surface area contributed by atoms with Crippen LogP contribution in [0.4, 0.5) is 5.69 Å². The third-order valence-electron chi connectivity index (χ3n) is 4.28. The van der Waals surface area contributed by atoms with Crippen molar-refractivity contribution in [1.29, 1.82) is 0 Å². The molecule has 1 aromatic carbocycles. The van der Waals surface area contributed by atoms with Gasteiger partial charge in [0.2, 0.25) is 0 Å². The summed E-state index contributed by atoms with van der Waals surface area (Å²) in [5, 5.41) is 2.89. The second kappa shape index (κ2) is 8.30. The van der Waals surface area contributed by atoms with E-state index in [0.29, 0.717) is 11.5 Å². The van der Waals surface area contributed by atoms with E-state index >= 15 is 0 Å². The summed E-state index contributed by atoms with van der Waals surface area (Å²) in [6.45, 7) is 9.64. The molecule has 0 spiro atoms. The molecule has 0 bridgehead atoms. The van der Waals surface area contributed by atoms with Gasteiger partial charge in [0.25, 0.3) is 5.91 Å². The maximum absolute atomic E-state index is 12.4. The summed E-state index contributed by atoms with van der Waals surface area (Å²) in [6, 6.07) is 9.53. The lowest BCUT2D eigenvalue weighted by Gasteiger charge is -2.18. The molecule has 2 atom stereocenters. The van der Waals surface area contributed by atoms with Gasteiger partial charge in [-0.25, -0.2) is 4.79 Å². The Morgan fingerprint density at radius 3 is 2.48 bits per heavy atom. The molecular weight excluding hydrogens is 334 g/mol. The van der Waals surface area contributed by atoms with Crippen LogP contribution in [-0.4, -0.2) is 18.0 Å². The van der Waals surface area contributed by atoms with Crippen molar-refractivity contribution in [2.45, 2.75) is 53.1 Å². The lowest BCUT2D eigenvalue weighted by Crippen LogP contribution is -2.30. The summed E-state index contributed by atoms with van der Waals surface area (Å²) in [4.78, 5) is 26.7. The number of nitrogens with one attached hydrogen (secondary N) is 1. The number of carbonyl (C=O) groups excluding carboxylic acids is 2. The fraction of sp³-hybridized carbons (Fsp3) is 0.400. The van der Waals surface area contributed by atoms with Crippen molar-refractivity contribution in [3.05, 3.63) is 51.2 Å². The summed E-state index contributed by atoms with van der Waals surface area (Å²) < 4.78 is 5.35. The van der Waals surface area contributed by atoms with Gasteiger partial charge in [-0.15, -0.1) is 11.3 Å². The first kappa shape index (κ1) is 19.2. The predicted molar refractivity (Wildman–Crippen MR) is 102 cm³/mol. The van der Waals surface area contributed by atoms with Gasteiger partial charge in [0.1, 0.15) is 0 Å². The number of hydrogen-bond donors (Lipinski definition) is 1. The highest BCUT2D eigenvalue weighted by atomic mass is 32.1. The summed E-state index contributed by atoms with van der Waals surface area (Å²) in [7, 11) is 0. The van der Waals surface area contributed by atoms with Crippen molar-refractivity contribution in [1.82, 2.24) is 0 Å². The summed E-state index contributed by atoms with van der Waals surface area (Å²) in [5.41, 5.74) is 2.38. The number of ether oxygens (including phenoxy) is 1. The number of rotatable bonds is 6. The monoisotopic (exact) mass is 359 g/mol. The van der Waals surface area contributed by atoms with Crippen molar-refractivity contribution >= 4 is 28.9 Å². The number of benzene rings is 1. The van der Waals surface area contributed by atoms with Gasteiger partial charge < -0.3 is 10.1 Å².